The van der Waals surface area contributed by atoms with Gasteiger partial charge in [-0.2, -0.15) is 17.4 Å². The lowest BCUT2D eigenvalue weighted by atomic mass is 10.1. The number of hydrogen-bond acceptors (Lipinski definition) is 3. The van der Waals surface area contributed by atoms with Gasteiger partial charge in [0.15, 0.2) is 0 Å². The molecule has 6 heteroatoms. The topological polar surface area (TPSA) is 69.6 Å². The average molecular weight is 220 g/mol. The zero-order valence-corrected chi connectivity index (χ0v) is 8.83. The Hall–Kier alpha value is -0.170. The lowest BCUT2D eigenvalue weighted by Gasteiger charge is -2.16. The molecule has 1 aliphatic heterocycles. The van der Waals surface area contributed by atoms with Crippen molar-refractivity contribution in [2.24, 2.45) is 5.92 Å². The number of nitrogens with one attached hydrogen (secondary N) is 1. The second kappa shape index (κ2) is 3.77. The maximum Gasteiger partial charge on any atom is 0.279 e. The van der Waals surface area contributed by atoms with E-state index in [4.69, 9.17) is 5.11 Å². The molecule has 1 aliphatic carbocycles. The Morgan fingerprint density at radius 2 is 2.07 bits per heavy atom. The van der Waals surface area contributed by atoms with Crippen LogP contribution in [0.4, 0.5) is 0 Å². The van der Waals surface area contributed by atoms with Gasteiger partial charge in [0.05, 0.1) is 0 Å². The van der Waals surface area contributed by atoms with E-state index in [2.05, 4.69) is 4.72 Å². The highest BCUT2D eigenvalue weighted by Crippen LogP contribution is 2.23. The standard InChI is InChI=1S/C8H16N2O3S/c11-6-7-3-4-10(5-7)14(12,13)9-8-1-2-8/h7-9,11H,1-6H2. The summed E-state index contributed by atoms with van der Waals surface area (Å²) in [7, 11) is -3.27. The summed E-state index contributed by atoms with van der Waals surface area (Å²) in [6.07, 6.45) is 2.68. The normalized spacial score (nSPS) is 29.6. The molecule has 0 radical (unpaired) electrons. The van der Waals surface area contributed by atoms with E-state index in [0.29, 0.717) is 13.1 Å². The van der Waals surface area contributed by atoms with Gasteiger partial charge in [0.25, 0.3) is 10.2 Å². The molecular formula is C8H16N2O3S. The van der Waals surface area contributed by atoms with Gasteiger partial charge in [0.1, 0.15) is 0 Å². The summed E-state index contributed by atoms with van der Waals surface area (Å²) in [5, 5.41) is 8.90. The van der Waals surface area contributed by atoms with Crippen LogP contribution in [0.15, 0.2) is 0 Å². The minimum atomic E-state index is -3.27. The van der Waals surface area contributed by atoms with Crippen molar-refractivity contribution in [1.29, 1.82) is 0 Å². The van der Waals surface area contributed by atoms with Crippen molar-refractivity contribution >= 4 is 10.2 Å². The third-order valence-electron chi connectivity index (χ3n) is 2.74. The molecule has 2 fully saturated rings. The van der Waals surface area contributed by atoms with E-state index in [1.54, 1.807) is 0 Å². The highest BCUT2D eigenvalue weighted by molar-refractivity contribution is 7.87. The summed E-state index contributed by atoms with van der Waals surface area (Å²) in [6.45, 7) is 1.07. The van der Waals surface area contributed by atoms with Gasteiger partial charge >= 0.3 is 0 Å². The molecule has 5 nitrogen and oxygen atoms in total. The SMILES string of the molecule is O=S(=O)(NC1CC1)N1CCC(CO)C1. The van der Waals surface area contributed by atoms with Gasteiger partial charge in [0, 0.05) is 25.7 Å². The Morgan fingerprint density at radius 1 is 1.36 bits per heavy atom. The fourth-order valence-electron chi connectivity index (χ4n) is 1.65. The van der Waals surface area contributed by atoms with Crippen LogP contribution in [0.1, 0.15) is 19.3 Å². The van der Waals surface area contributed by atoms with Gasteiger partial charge in [-0.05, 0) is 25.2 Å². The monoisotopic (exact) mass is 220 g/mol. The van der Waals surface area contributed by atoms with Crippen LogP contribution in [-0.4, -0.2) is 43.6 Å². The first kappa shape index (κ1) is 10.4. The van der Waals surface area contributed by atoms with E-state index < -0.39 is 10.2 Å². The molecule has 0 amide bonds. The van der Waals surface area contributed by atoms with Gasteiger partial charge in [-0.3, -0.25) is 0 Å². The quantitative estimate of drug-likeness (QED) is 0.658. The third kappa shape index (κ3) is 2.25. The Labute approximate surface area is 84.3 Å². The molecule has 0 aromatic carbocycles. The van der Waals surface area contributed by atoms with Gasteiger partial charge in [-0.25, -0.2) is 0 Å². The van der Waals surface area contributed by atoms with Crippen molar-refractivity contribution in [2.45, 2.75) is 25.3 Å². The van der Waals surface area contributed by atoms with Crippen molar-refractivity contribution in [1.82, 2.24) is 9.03 Å². The van der Waals surface area contributed by atoms with E-state index in [1.165, 1.54) is 4.31 Å². The molecule has 1 saturated carbocycles. The minimum Gasteiger partial charge on any atom is -0.396 e. The highest BCUT2D eigenvalue weighted by Gasteiger charge is 2.34. The molecular weight excluding hydrogens is 204 g/mol. The molecule has 2 N–H and O–H groups in total. The largest absolute Gasteiger partial charge is 0.396 e. The van der Waals surface area contributed by atoms with Gasteiger partial charge in [-0.1, -0.05) is 0 Å². The zero-order chi connectivity index (χ0) is 10.2. The Kier molecular flexibility index (Phi) is 2.79. The van der Waals surface area contributed by atoms with Crippen LogP contribution in [0.5, 0.6) is 0 Å². The molecule has 2 rings (SSSR count). The maximum absolute atomic E-state index is 11.7. The molecule has 0 aromatic rings. The van der Waals surface area contributed by atoms with Crippen LogP contribution < -0.4 is 4.72 Å². The summed E-state index contributed by atoms with van der Waals surface area (Å²) in [4.78, 5) is 0. The van der Waals surface area contributed by atoms with Crippen LogP contribution in [-0.2, 0) is 10.2 Å². The van der Waals surface area contributed by atoms with Crippen molar-refractivity contribution in [3.8, 4) is 0 Å². The maximum atomic E-state index is 11.7. The van der Waals surface area contributed by atoms with Gasteiger partial charge in [0.2, 0.25) is 0 Å². The summed E-state index contributed by atoms with van der Waals surface area (Å²) in [5.74, 6) is 0.116. The van der Waals surface area contributed by atoms with Crippen molar-refractivity contribution in [3.63, 3.8) is 0 Å². The van der Waals surface area contributed by atoms with E-state index in [9.17, 15) is 8.42 Å². The minimum absolute atomic E-state index is 0.0788. The summed E-state index contributed by atoms with van der Waals surface area (Å²) in [5.41, 5.74) is 0. The fourth-order valence-corrected chi connectivity index (χ4v) is 3.21. The molecule has 14 heavy (non-hydrogen) atoms. The summed E-state index contributed by atoms with van der Waals surface area (Å²) < 4.78 is 27.4. The number of hydrogen-bond donors (Lipinski definition) is 2. The molecule has 1 unspecified atom stereocenters. The molecule has 1 saturated heterocycles. The Bertz CT molecular complexity index is 300. The third-order valence-corrected chi connectivity index (χ3v) is 4.38. The van der Waals surface area contributed by atoms with Crippen molar-refractivity contribution < 1.29 is 13.5 Å². The predicted molar refractivity (Wildman–Crippen MR) is 51.8 cm³/mol. The first-order valence-electron chi connectivity index (χ1n) is 5.00. The van der Waals surface area contributed by atoms with Crippen molar-refractivity contribution in [3.05, 3.63) is 0 Å². The second-order valence-corrected chi connectivity index (χ2v) is 5.79. The highest BCUT2D eigenvalue weighted by atomic mass is 32.2. The van der Waals surface area contributed by atoms with Gasteiger partial charge in [-0.15, -0.1) is 0 Å². The van der Waals surface area contributed by atoms with E-state index in [0.717, 1.165) is 19.3 Å². The molecule has 1 heterocycles. The molecule has 0 bridgehead atoms. The van der Waals surface area contributed by atoms with Crippen LogP contribution in [0.2, 0.25) is 0 Å². The van der Waals surface area contributed by atoms with Crippen LogP contribution in [0, 0.1) is 5.92 Å². The van der Waals surface area contributed by atoms with E-state index >= 15 is 0 Å². The number of nitrogens with zero attached hydrogens (tertiary/aromatic N) is 1. The number of aliphatic hydroxyl groups excluding tert-OH is 1. The molecule has 0 spiro atoms. The second-order valence-electron chi connectivity index (χ2n) is 4.09. The molecule has 0 aromatic heterocycles. The first-order chi connectivity index (χ1) is 6.62. The Morgan fingerprint density at radius 3 is 2.57 bits per heavy atom. The van der Waals surface area contributed by atoms with Crippen LogP contribution in [0.3, 0.4) is 0 Å². The number of aliphatic hydroxyl groups is 1. The van der Waals surface area contributed by atoms with Crippen LogP contribution >= 0.6 is 0 Å². The van der Waals surface area contributed by atoms with Crippen LogP contribution in [0.25, 0.3) is 0 Å². The molecule has 82 valence electrons. The average Bonchev–Trinajstić information content (AvgIpc) is 2.81. The lowest BCUT2D eigenvalue weighted by Crippen LogP contribution is -2.40. The van der Waals surface area contributed by atoms with E-state index in [1.807, 2.05) is 0 Å². The smallest absolute Gasteiger partial charge is 0.279 e. The van der Waals surface area contributed by atoms with E-state index in [-0.39, 0.29) is 18.6 Å². The summed E-state index contributed by atoms with van der Waals surface area (Å²) in [6, 6.07) is 0.160. The molecule has 2 aliphatic rings. The zero-order valence-electron chi connectivity index (χ0n) is 8.02. The fraction of sp³-hybridized carbons (Fsp3) is 1.00. The first-order valence-corrected chi connectivity index (χ1v) is 6.44. The molecule has 1 atom stereocenters. The van der Waals surface area contributed by atoms with Crippen molar-refractivity contribution in [2.75, 3.05) is 19.7 Å². The Balaban J connectivity index is 1.93. The lowest BCUT2D eigenvalue weighted by molar-refractivity contribution is 0.233. The summed E-state index contributed by atoms with van der Waals surface area (Å²) >= 11 is 0. The number of rotatable bonds is 4. The predicted octanol–water partition coefficient (Wildman–Crippen LogP) is -0.703. The van der Waals surface area contributed by atoms with Gasteiger partial charge < -0.3 is 5.11 Å².